The topological polar surface area (TPSA) is 41.6 Å². The number of alkyl carbamates (subject to hydrolysis) is 1. The first-order valence-corrected chi connectivity index (χ1v) is 17.6. The van der Waals surface area contributed by atoms with E-state index in [2.05, 4.69) is 60.5 Å². The third kappa shape index (κ3) is 32.8. The summed E-state index contributed by atoms with van der Waals surface area (Å²) in [6.45, 7) is 5.96. The number of nitrogens with zero attached hydrogens (tertiary/aromatic N) is 1. The van der Waals surface area contributed by atoms with Crippen LogP contribution >= 0.6 is 0 Å². The van der Waals surface area contributed by atoms with Gasteiger partial charge in [0, 0.05) is 13.1 Å². The second-order valence-electron chi connectivity index (χ2n) is 12.1. The quantitative estimate of drug-likeness (QED) is 0.0685. The Morgan fingerprint density at radius 2 is 1.07 bits per heavy atom. The number of amides is 1. The van der Waals surface area contributed by atoms with Crippen LogP contribution in [-0.2, 0) is 4.74 Å². The van der Waals surface area contributed by atoms with Crippen molar-refractivity contribution < 1.29 is 9.53 Å². The first-order valence-electron chi connectivity index (χ1n) is 17.6. The molecule has 0 aromatic heterocycles. The third-order valence-electron chi connectivity index (χ3n) is 7.60. The van der Waals surface area contributed by atoms with Gasteiger partial charge < -0.3 is 15.0 Å². The van der Waals surface area contributed by atoms with E-state index >= 15 is 0 Å². The lowest BCUT2D eigenvalue weighted by molar-refractivity contribution is 0.0838. The first kappa shape index (κ1) is 39.5. The summed E-state index contributed by atoms with van der Waals surface area (Å²) in [4.78, 5) is 14.4. The molecule has 4 heteroatoms. The Morgan fingerprint density at radius 3 is 1.59 bits per heavy atom. The molecule has 0 saturated carbocycles. The van der Waals surface area contributed by atoms with Gasteiger partial charge >= 0.3 is 6.09 Å². The average molecular weight is 575 g/mol. The monoisotopic (exact) mass is 575 g/mol. The van der Waals surface area contributed by atoms with Gasteiger partial charge in [-0.1, -0.05) is 121 Å². The highest BCUT2D eigenvalue weighted by Crippen LogP contribution is 2.17. The highest BCUT2D eigenvalue weighted by molar-refractivity contribution is 5.67. The molecule has 0 aromatic carbocycles. The Morgan fingerprint density at radius 1 is 0.610 bits per heavy atom. The SMILES string of the molecule is CCC/C=C\CCCCCCCCC(CCCCCCCC/C=C\C/C=C\CCCCC)OC(=O)NCCN(C)C. The highest BCUT2D eigenvalue weighted by atomic mass is 16.6. The van der Waals surface area contributed by atoms with Crippen molar-refractivity contribution in [2.75, 3.05) is 27.2 Å². The number of carbonyl (C=O) groups excluding carboxylic acids is 1. The molecule has 0 heterocycles. The predicted molar refractivity (Wildman–Crippen MR) is 182 cm³/mol. The predicted octanol–water partition coefficient (Wildman–Crippen LogP) is 11.3. The van der Waals surface area contributed by atoms with Gasteiger partial charge in [-0.25, -0.2) is 4.79 Å². The van der Waals surface area contributed by atoms with Gasteiger partial charge in [0.1, 0.15) is 6.10 Å². The molecule has 0 bridgehead atoms. The molecule has 0 saturated heterocycles. The molecule has 1 amide bonds. The van der Waals surface area contributed by atoms with Gasteiger partial charge in [-0.2, -0.15) is 0 Å². The number of allylic oxidation sites excluding steroid dienone is 6. The summed E-state index contributed by atoms with van der Waals surface area (Å²) in [7, 11) is 4.04. The lowest BCUT2D eigenvalue weighted by atomic mass is 10.0. The van der Waals surface area contributed by atoms with Gasteiger partial charge in [-0.3, -0.25) is 0 Å². The zero-order valence-corrected chi connectivity index (χ0v) is 28.0. The van der Waals surface area contributed by atoms with Gasteiger partial charge in [0.15, 0.2) is 0 Å². The Balaban J connectivity index is 4.00. The number of carbonyl (C=O) groups is 1. The van der Waals surface area contributed by atoms with E-state index in [1.165, 1.54) is 116 Å². The van der Waals surface area contributed by atoms with Crippen LogP contribution < -0.4 is 5.32 Å². The Labute approximate surface area is 256 Å². The lowest BCUT2D eigenvalue weighted by Gasteiger charge is -2.19. The zero-order chi connectivity index (χ0) is 30.1. The maximum absolute atomic E-state index is 12.3. The molecule has 0 radical (unpaired) electrons. The molecule has 0 aliphatic carbocycles. The van der Waals surface area contributed by atoms with Gasteiger partial charge in [0.25, 0.3) is 0 Å². The molecular weight excluding hydrogens is 504 g/mol. The number of hydrogen-bond donors (Lipinski definition) is 1. The molecule has 0 aromatic rings. The molecule has 0 rings (SSSR count). The van der Waals surface area contributed by atoms with Crippen molar-refractivity contribution in [2.24, 2.45) is 0 Å². The number of likely N-dealkylation sites (N-methyl/N-ethyl adjacent to an activating group) is 1. The van der Waals surface area contributed by atoms with E-state index in [1.807, 2.05) is 14.1 Å². The van der Waals surface area contributed by atoms with Crippen LogP contribution in [0.4, 0.5) is 4.79 Å². The molecular formula is C37H70N2O2. The molecule has 41 heavy (non-hydrogen) atoms. The molecule has 0 aliphatic heterocycles. The van der Waals surface area contributed by atoms with Crippen LogP contribution in [0.25, 0.3) is 0 Å². The van der Waals surface area contributed by atoms with Crippen molar-refractivity contribution in [1.29, 1.82) is 0 Å². The maximum Gasteiger partial charge on any atom is 0.407 e. The van der Waals surface area contributed by atoms with Gasteiger partial charge in [0.2, 0.25) is 0 Å². The number of rotatable bonds is 30. The van der Waals surface area contributed by atoms with Crippen LogP contribution in [0.2, 0.25) is 0 Å². The van der Waals surface area contributed by atoms with Gasteiger partial charge in [0.05, 0.1) is 0 Å². The van der Waals surface area contributed by atoms with Crippen molar-refractivity contribution in [3.05, 3.63) is 36.5 Å². The van der Waals surface area contributed by atoms with Gasteiger partial charge in [-0.15, -0.1) is 0 Å². The number of nitrogens with one attached hydrogen (secondary N) is 1. The molecule has 240 valence electrons. The Bertz CT molecular complexity index is 626. The minimum atomic E-state index is -0.243. The van der Waals surface area contributed by atoms with Crippen molar-refractivity contribution in [1.82, 2.24) is 10.2 Å². The number of ether oxygens (including phenoxy) is 1. The standard InChI is InChI=1S/C37H70N2O2/c1-5-7-9-11-13-15-17-18-19-20-21-23-25-27-29-31-33-36(41-37(40)38-34-35-39(3)4)32-30-28-26-24-22-16-14-12-10-8-6-2/h10,12-13,15,18-19,36H,5-9,11,14,16-17,20-35H2,1-4H3,(H,38,40)/b12-10-,15-13-,19-18-. The summed E-state index contributed by atoms with van der Waals surface area (Å²) < 4.78 is 5.86. The van der Waals surface area contributed by atoms with E-state index in [0.717, 1.165) is 38.6 Å². The van der Waals surface area contributed by atoms with E-state index in [1.54, 1.807) is 0 Å². The van der Waals surface area contributed by atoms with Crippen molar-refractivity contribution in [2.45, 2.75) is 168 Å². The number of hydrogen-bond acceptors (Lipinski definition) is 3. The molecule has 0 aliphatic rings. The minimum Gasteiger partial charge on any atom is -0.446 e. The van der Waals surface area contributed by atoms with Gasteiger partial charge in [-0.05, 0) is 91.1 Å². The highest BCUT2D eigenvalue weighted by Gasteiger charge is 2.14. The fraction of sp³-hybridized carbons (Fsp3) is 0.811. The largest absolute Gasteiger partial charge is 0.446 e. The average Bonchev–Trinajstić information content (AvgIpc) is 2.95. The summed E-state index contributed by atoms with van der Waals surface area (Å²) in [5.41, 5.74) is 0. The second-order valence-corrected chi connectivity index (χ2v) is 12.1. The zero-order valence-electron chi connectivity index (χ0n) is 28.0. The van der Waals surface area contributed by atoms with E-state index in [9.17, 15) is 4.79 Å². The van der Waals surface area contributed by atoms with Crippen molar-refractivity contribution >= 4 is 6.09 Å². The maximum atomic E-state index is 12.3. The van der Waals surface area contributed by atoms with Crippen LogP contribution in [0.15, 0.2) is 36.5 Å². The van der Waals surface area contributed by atoms with Crippen LogP contribution in [-0.4, -0.2) is 44.3 Å². The van der Waals surface area contributed by atoms with E-state index < -0.39 is 0 Å². The van der Waals surface area contributed by atoms with Crippen LogP contribution in [0, 0.1) is 0 Å². The summed E-state index contributed by atoms with van der Waals surface area (Å²) >= 11 is 0. The molecule has 1 unspecified atom stereocenters. The summed E-state index contributed by atoms with van der Waals surface area (Å²) in [5.74, 6) is 0. The van der Waals surface area contributed by atoms with E-state index in [4.69, 9.17) is 4.74 Å². The van der Waals surface area contributed by atoms with Crippen LogP contribution in [0.1, 0.15) is 162 Å². The Hall–Kier alpha value is -1.55. The molecule has 0 fully saturated rings. The third-order valence-corrected chi connectivity index (χ3v) is 7.60. The second kappa shape index (κ2) is 33.0. The lowest BCUT2D eigenvalue weighted by Crippen LogP contribution is -2.34. The molecule has 0 spiro atoms. The summed E-state index contributed by atoms with van der Waals surface area (Å²) in [6.07, 6.45) is 42.3. The number of unbranched alkanes of at least 4 members (excludes halogenated alkanes) is 16. The van der Waals surface area contributed by atoms with E-state index in [-0.39, 0.29) is 12.2 Å². The Kier molecular flexibility index (Phi) is 31.7. The fourth-order valence-corrected chi connectivity index (χ4v) is 4.94. The minimum absolute atomic E-state index is 0.0592. The normalized spacial score (nSPS) is 12.8. The molecule has 1 atom stereocenters. The fourth-order valence-electron chi connectivity index (χ4n) is 4.94. The summed E-state index contributed by atoms with van der Waals surface area (Å²) in [6, 6.07) is 0. The first-order chi connectivity index (χ1) is 20.1. The molecule has 1 N–H and O–H groups in total. The van der Waals surface area contributed by atoms with Crippen molar-refractivity contribution in [3.63, 3.8) is 0 Å². The summed E-state index contributed by atoms with van der Waals surface area (Å²) in [5, 5.41) is 2.93. The van der Waals surface area contributed by atoms with Crippen molar-refractivity contribution in [3.8, 4) is 0 Å². The van der Waals surface area contributed by atoms with Crippen LogP contribution in [0.5, 0.6) is 0 Å². The van der Waals surface area contributed by atoms with E-state index in [0.29, 0.717) is 6.54 Å². The van der Waals surface area contributed by atoms with Crippen LogP contribution in [0.3, 0.4) is 0 Å². The molecule has 4 nitrogen and oxygen atoms in total. The smallest absolute Gasteiger partial charge is 0.407 e.